The van der Waals surface area contributed by atoms with Crippen LogP contribution in [0.1, 0.15) is 143 Å². The number of carbonyl (C=O) groups excluding carboxylic acids is 1. The van der Waals surface area contributed by atoms with E-state index in [1.807, 2.05) is 13.8 Å². The summed E-state index contributed by atoms with van der Waals surface area (Å²) in [5.74, 6) is 3.00. The molecule has 0 radical (unpaired) electrons. The third kappa shape index (κ3) is 6.03. The number of rotatable bonds is 8. The van der Waals surface area contributed by atoms with Crippen molar-refractivity contribution in [3.05, 3.63) is 0 Å². The van der Waals surface area contributed by atoms with Crippen molar-refractivity contribution < 1.29 is 38.1 Å². The van der Waals surface area contributed by atoms with Crippen molar-refractivity contribution in [1.82, 2.24) is 0 Å². The van der Waals surface area contributed by atoms with E-state index in [0.717, 1.165) is 109 Å². The lowest BCUT2D eigenvalue weighted by Crippen LogP contribution is -2.66. The molecule has 10 aliphatic carbocycles. The van der Waals surface area contributed by atoms with E-state index in [0.29, 0.717) is 41.0 Å². The lowest BCUT2D eigenvalue weighted by atomic mass is 9.35. The monoisotopic (exact) mass is 790 g/mol. The van der Waals surface area contributed by atoms with E-state index in [4.69, 9.17) is 0 Å². The summed E-state index contributed by atoms with van der Waals surface area (Å²) in [5, 5.41) is 31.5. The Bertz CT molecular complexity index is 1570. The maximum absolute atomic E-state index is 13.7. The third-order valence-electron chi connectivity index (χ3n) is 19.1. The number of Topliss-reactive ketones (excluding diaryl/α,β-unsaturated/α-hetero) is 1. The molecule has 10 fully saturated rings. The van der Waals surface area contributed by atoms with Crippen LogP contribution in [-0.4, -0.2) is 71.6 Å². The van der Waals surface area contributed by atoms with Gasteiger partial charge < -0.3 is 15.3 Å². The Morgan fingerprint density at radius 2 is 1.13 bits per heavy atom. The lowest BCUT2D eigenvalue weighted by molar-refractivity contribution is -0.244. The molecule has 54 heavy (non-hydrogen) atoms. The maximum Gasteiger partial charge on any atom is 0.309 e. The van der Waals surface area contributed by atoms with E-state index in [-0.39, 0.29) is 51.4 Å². The van der Waals surface area contributed by atoms with E-state index in [9.17, 15) is 38.1 Å². The molecule has 3 N–H and O–H groups in total. The standard InChI is InChI=1S/C22H36O4S.C22H34O4S/c2*1-20-8-4-9-21(2,19(24)25)16(20)6-11-22-10-5-14(13-17(20)22)15(18(22)23)7-12-27(3)26/h14-18,23H,4-13H2,1-3H3,(H,24,25);14-17H,4-13H2,1-3H3,(H,24,25)/t14-,15-,16-,17-,18+,20+,21+,22-,27?;14-,15-,16-,17-,20+,21+,22-,27?/m00/s1. The van der Waals surface area contributed by atoms with Crippen LogP contribution in [0.2, 0.25) is 0 Å². The summed E-state index contributed by atoms with van der Waals surface area (Å²) in [5.41, 5.74) is -1.52. The van der Waals surface area contributed by atoms with Crippen LogP contribution in [0.4, 0.5) is 0 Å². The summed E-state index contributed by atoms with van der Waals surface area (Å²) in [4.78, 5) is 38.0. The summed E-state index contributed by atoms with van der Waals surface area (Å²) < 4.78 is 23.2. The molecule has 0 aromatic heterocycles. The fourth-order valence-corrected chi connectivity index (χ4v) is 17.7. The average Bonchev–Trinajstić information content (AvgIpc) is 3.11. The fraction of sp³-hybridized carbons (Fsp3) is 0.932. The first kappa shape index (κ1) is 41.0. The van der Waals surface area contributed by atoms with Gasteiger partial charge in [-0.2, -0.15) is 0 Å². The first-order valence-corrected chi connectivity index (χ1v) is 25.0. The van der Waals surface area contributed by atoms with Crippen LogP contribution in [0.3, 0.4) is 0 Å². The number of aliphatic hydroxyl groups excluding tert-OH is 1. The minimum Gasteiger partial charge on any atom is -0.481 e. The van der Waals surface area contributed by atoms with Gasteiger partial charge >= 0.3 is 11.9 Å². The normalized spacial score (nSPS) is 51.3. The van der Waals surface area contributed by atoms with Gasteiger partial charge in [0.15, 0.2) is 0 Å². The van der Waals surface area contributed by atoms with Gasteiger partial charge in [0.05, 0.1) is 16.9 Å². The van der Waals surface area contributed by atoms with Gasteiger partial charge in [0, 0.05) is 56.9 Å². The molecule has 10 saturated carbocycles. The Morgan fingerprint density at radius 1 is 0.648 bits per heavy atom. The highest BCUT2D eigenvalue weighted by atomic mass is 32.2. The van der Waals surface area contributed by atoms with E-state index in [2.05, 4.69) is 13.8 Å². The smallest absolute Gasteiger partial charge is 0.309 e. The first-order chi connectivity index (χ1) is 25.3. The van der Waals surface area contributed by atoms with Gasteiger partial charge in [-0.1, -0.05) is 26.7 Å². The van der Waals surface area contributed by atoms with Gasteiger partial charge in [-0.15, -0.1) is 0 Å². The van der Waals surface area contributed by atoms with Crippen molar-refractivity contribution in [1.29, 1.82) is 0 Å². The van der Waals surface area contributed by atoms with Crippen molar-refractivity contribution in [2.24, 2.45) is 79.8 Å². The highest BCUT2D eigenvalue weighted by Gasteiger charge is 2.70. The average molecular weight is 791 g/mol. The Balaban J connectivity index is 0.000000167. The minimum atomic E-state index is -0.844. The van der Waals surface area contributed by atoms with Crippen LogP contribution in [0.25, 0.3) is 0 Å². The molecule has 10 rings (SSSR count). The molecule has 17 atom stereocenters. The van der Waals surface area contributed by atoms with Crippen LogP contribution in [0, 0.1) is 79.8 Å². The van der Waals surface area contributed by atoms with E-state index < -0.39 is 44.4 Å². The molecule has 0 aliphatic heterocycles. The zero-order valence-electron chi connectivity index (χ0n) is 34.0. The molecule has 306 valence electrons. The number of ketones is 1. The molecule has 0 aromatic rings. The summed E-state index contributed by atoms with van der Waals surface area (Å²) in [6.07, 6.45) is 20.8. The number of carboxylic acid groups (broad SMARTS) is 2. The van der Waals surface area contributed by atoms with Crippen molar-refractivity contribution in [2.45, 2.75) is 149 Å². The van der Waals surface area contributed by atoms with Gasteiger partial charge in [0.1, 0.15) is 5.78 Å². The molecular formula is C44H70O8S2. The largest absolute Gasteiger partial charge is 0.481 e. The number of aliphatic hydroxyl groups is 1. The minimum absolute atomic E-state index is 0.0296. The lowest BCUT2D eigenvalue weighted by Gasteiger charge is -2.70. The third-order valence-corrected chi connectivity index (χ3v) is 20.8. The van der Waals surface area contributed by atoms with Crippen LogP contribution in [0.15, 0.2) is 0 Å². The number of carbonyl (C=O) groups is 3. The predicted molar refractivity (Wildman–Crippen MR) is 212 cm³/mol. The van der Waals surface area contributed by atoms with Crippen LogP contribution in [0.5, 0.6) is 0 Å². The molecule has 4 bridgehead atoms. The molecule has 0 aromatic carbocycles. The SMILES string of the molecule is CS(=O)CC[C@@H]1C(=O)[C@]23CC[C@H]1C[C@H]2[C@]1(C)CCC[C@@](C)(C(=O)O)[C@H]1CC3.CS(=O)CC[C@H]1[C@H]2CC[C@@]3(CC[C@H]4[C@@](C)(CCC[C@@]4(C)C(=O)O)[C@@H]3C2)[C@@H]1O. The maximum atomic E-state index is 13.7. The van der Waals surface area contributed by atoms with Crippen LogP contribution < -0.4 is 0 Å². The molecule has 0 amide bonds. The summed E-state index contributed by atoms with van der Waals surface area (Å²) >= 11 is 0. The Labute approximate surface area is 329 Å². The number of hydrogen-bond donors (Lipinski definition) is 3. The van der Waals surface area contributed by atoms with Crippen LogP contribution >= 0.6 is 0 Å². The molecule has 2 unspecified atom stereocenters. The molecule has 2 spiro atoms. The fourth-order valence-electron chi connectivity index (χ4n) is 16.6. The summed E-state index contributed by atoms with van der Waals surface area (Å²) in [6, 6.07) is 0. The number of aliphatic carboxylic acids is 2. The van der Waals surface area contributed by atoms with Gasteiger partial charge in [0.2, 0.25) is 0 Å². The zero-order valence-corrected chi connectivity index (χ0v) is 35.7. The van der Waals surface area contributed by atoms with Crippen molar-refractivity contribution in [2.75, 3.05) is 24.0 Å². The second kappa shape index (κ2) is 14.3. The number of carboxylic acids is 2. The van der Waals surface area contributed by atoms with E-state index in [1.165, 1.54) is 6.42 Å². The van der Waals surface area contributed by atoms with Crippen molar-refractivity contribution in [3.63, 3.8) is 0 Å². The molecule has 0 saturated heterocycles. The molecule has 0 heterocycles. The molecular weight excluding hydrogens is 721 g/mol. The second-order valence-corrected chi connectivity index (χ2v) is 24.2. The van der Waals surface area contributed by atoms with Gasteiger partial charge in [-0.3, -0.25) is 22.8 Å². The van der Waals surface area contributed by atoms with Crippen molar-refractivity contribution in [3.8, 4) is 0 Å². The Kier molecular flexibility index (Phi) is 10.9. The summed E-state index contributed by atoms with van der Waals surface area (Å²) in [7, 11) is -1.65. The quantitative estimate of drug-likeness (QED) is 0.225. The Hall–Kier alpha value is -1.13. The molecule has 8 nitrogen and oxygen atoms in total. The highest BCUT2D eigenvalue weighted by molar-refractivity contribution is 7.84. The Morgan fingerprint density at radius 3 is 1.70 bits per heavy atom. The molecule has 10 aliphatic rings. The van der Waals surface area contributed by atoms with E-state index >= 15 is 0 Å². The van der Waals surface area contributed by atoms with Gasteiger partial charge in [0.25, 0.3) is 0 Å². The van der Waals surface area contributed by atoms with E-state index in [1.54, 1.807) is 12.5 Å². The molecule has 10 heteroatoms. The highest BCUT2D eigenvalue weighted by Crippen LogP contribution is 2.73. The van der Waals surface area contributed by atoms with Crippen molar-refractivity contribution >= 4 is 39.3 Å². The predicted octanol–water partition coefficient (Wildman–Crippen LogP) is 7.89. The zero-order chi connectivity index (χ0) is 39.2. The van der Waals surface area contributed by atoms with Crippen LogP contribution in [-0.2, 0) is 36.0 Å². The second-order valence-electron chi connectivity index (χ2n) is 21.1. The van der Waals surface area contributed by atoms with Gasteiger partial charge in [-0.05, 0) is 174 Å². The number of fused-ring (bicyclic) bond motifs is 6. The topological polar surface area (TPSA) is 146 Å². The summed E-state index contributed by atoms with van der Waals surface area (Å²) in [6.45, 7) is 8.60. The van der Waals surface area contributed by atoms with Gasteiger partial charge in [-0.25, -0.2) is 0 Å². The first-order valence-electron chi connectivity index (χ1n) is 21.6. The number of hydrogen-bond acceptors (Lipinski definition) is 6.